The van der Waals surface area contributed by atoms with Crippen LogP contribution in [-0.2, 0) is 0 Å². The SMILES string of the molecule is O=C(O)c1scc[n+]1[O-]. The van der Waals surface area contributed by atoms with Crippen molar-refractivity contribution in [2.75, 3.05) is 0 Å². The zero-order valence-corrected chi connectivity index (χ0v) is 5.09. The maximum absolute atomic E-state index is 10.4. The minimum Gasteiger partial charge on any atom is -0.617 e. The fourth-order valence-corrected chi connectivity index (χ4v) is 0.980. The summed E-state index contributed by atoms with van der Waals surface area (Å²) >= 11 is 0.909. The van der Waals surface area contributed by atoms with E-state index < -0.39 is 5.97 Å². The summed E-state index contributed by atoms with van der Waals surface area (Å²) < 4.78 is 0.326. The molecule has 0 aliphatic carbocycles. The monoisotopic (exact) mass is 145 g/mol. The summed E-state index contributed by atoms with van der Waals surface area (Å²) in [4.78, 5) is 10.1. The standard InChI is InChI=1S/C4H3NO3S/c6-4(7)3-5(8)1-2-9-3/h1-2H,(H,6,7). The molecule has 0 spiro atoms. The van der Waals surface area contributed by atoms with Crippen LogP contribution < -0.4 is 4.73 Å². The lowest BCUT2D eigenvalue weighted by Gasteiger charge is -1.88. The summed E-state index contributed by atoms with van der Waals surface area (Å²) in [7, 11) is 0. The van der Waals surface area contributed by atoms with Crippen molar-refractivity contribution < 1.29 is 14.6 Å². The molecule has 0 saturated heterocycles. The molecule has 0 amide bonds. The van der Waals surface area contributed by atoms with Crippen LogP contribution >= 0.6 is 11.3 Å². The van der Waals surface area contributed by atoms with Crippen molar-refractivity contribution in [3.63, 3.8) is 0 Å². The van der Waals surface area contributed by atoms with Gasteiger partial charge in [0, 0.05) is 0 Å². The Kier molecular flexibility index (Phi) is 1.35. The van der Waals surface area contributed by atoms with Crippen LogP contribution in [0.3, 0.4) is 0 Å². The molecule has 0 atom stereocenters. The van der Waals surface area contributed by atoms with E-state index in [1.54, 1.807) is 0 Å². The molecule has 1 aromatic heterocycles. The summed E-state index contributed by atoms with van der Waals surface area (Å²) in [5, 5.41) is 19.9. The number of carboxylic acids is 1. The van der Waals surface area contributed by atoms with Crippen LogP contribution in [0.1, 0.15) is 9.80 Å². The molecule has 0 saturated carbocycles. The molecule has 9 heavy (non-hydrogen) atoms. The number of hydrogen-bond donors (Lipinski definition) is 1. The summed E-state index contributed by atoms with van der Waals surface area (Å²) in [6.07, 6.45) is 1.16. The second-order valence-electron chi connectivity index (χ2n) is 1.34. The zero-order valence-electron chi connectivity index (χ0n) is 4.27. The Balaban J connectivity index is 3.08. The molecule has 48 valence electrons. The normalized spacial score (nSPS) is 9.33. The van der Waals surface area contributed by atoms with Crippen LogP contribution in [-0.4, -0.2) is 11.1 Å². The Morgan fingerprint density at radius 3 is 2.78 bits per heavy atom. The largest absolute Gasteiger partial charge is 0.617 e. The van der Waals surface area contributed by atoms with Gasteiger partial charge in [-0.1, -0.05) is 11.3 Å². The van der Waals surface area contributed by atoms with Gasteiger partial charge in [0.05, 0.1) is 5.38 Å². The van der Waals surface area contributed by atoms with Gasteiger partial charge >= 0.3 is 11.0 Å². The van der Waals surface area contributed by atoms with Crippen LogP contribution in [0.15, 0.2) is 11.6 Å². The lowest BCUT2D eigenvalue weighted by molar-refractivity contribution is -0.602. The van der Waals surface area contributed by atoms with E-state index in [9.17, 15) is 10.0 Å². The first kappa shape index (κ1) is 6.03. The van der Waals surface area contributed by atoms with Crippen LogP contribution in [0.2, 0.25) is 0 Å². The van der Waals surface area contributed by atoms with Crippen LogP contribution in [0.25, 0.3) is 0 Å². The highest BCUT2D eigenvalue weighted by Gasteiger charge is 2.14. The first-order valence-electron chi connectivity index (χ1n) is 2.12. The smallest absolute Gasteiger partial charge is 0.414 e. The summed E-state index contributed by atoms with van der Waals surface area (Å²) in [6, 6.07) is 0. The van der Waals surface area contributed by atoms with Crippen molar-refractivity contribution in [2.45, 2.75) is 0 Å². The average molecular weight is 145 g/mol. The fourth-order valence-electron chi connectivity index (χ4n) is 0.414. The van der Waals surface area contributed by atoms with Gasteiger partial charge in [-0.25, -0.2) is 4.79 Å². The topological polar surface area (TPSA) is 64.2 Å². The van der Waals surface area contributed by atoms with Gasteiger partial charge in [0.15, 0.2) is 6.20 Å². The molecule has 1 rings (SSSR count). The second-order valence-corrected chi connectivity index (χ2v) is 2.23. The average Bonchev–Trinajstić information content (AvgIpc) is 2.13. The van der Waals surface area contributed by atoms with E-state index in [2.05, 4.69) is 0 Å². The van der Waals surface area contributed by atoms with Crippen molar-refractivity contribution in [3.8, 4) is 0 Å². The van der Waals surface area contributed by atoms with Gasteiger partial charge in [0.1, 0.15) is 0 Å². The molecule has 0 aliphatic rings. The van der Waals surface area contributed by atoms with Crippen LogP contribution in [0.4, 0.5) is 0 Å². The van der Waals surface area contributed by atoms with Crippen molar-refractivity contribution in [1.29, 1.82) is 0 Å². The van der Waals surface area contributed by atoms with Gasteiger partial charge in [-0.15, -0.1) is 0 Å². The first-order valence-corrected chi connectivity index (χ1v) is 2.99. The van der Waals surface area contributed by atoms with Crippen molar-refractivity contribution >= 4 is 17.3 Å². The molecular weight excluding hydrogens is 142 g/mol. The highest BCUT2D eigenvalue weighted by molar-refractivity contribution is 7.11. The van der Waals surface area contributed by atoms with E-state index in [1.165, 1.54) is 5.38 Å². The predicted molar refractivity (Wildman–Crippen MR) is 30.2 cm³/mol. The Morgan fingerprint density at radius 1 is 1.89 bits per heavy atom. The first-order chi connectivity index (χ1) is 4.22. The van der Waals surface area contributed by atoms with E-state index in [0.717, 1.165) is 17.5 Å². The van der Waals surface area contributed by atoms with Gasteiger partial charge < -0.3 is 10.3 Å². The molecule has 1 aromatic rings. The molecule has 0 unspecified atom stereocenters. The number of aromatic nitrogens is 1. The second kappa shape index (κ2) is 2.02. The summed E-state index contributed by atoms with van der Waals surface area (Å²) in [5.41, 5.74) is 0. The summed E-state index contributed by atoms with van der Waals surface area (Å²) in [5.74, 6) is -1.18. The number of rotatable bonds is 1. The molecule has 1 N–H and O–H groups in total. The molecular formula is C4H3NO3S. The number of thiazole rings is 1. The molecule has 0 radical (unpaired) electrons. The molecule has 1 heterocycles. The maximum Gasteiger partial charge on any atom is 0.414 e. The minimum atomic E-state index is -1.18. The zero-order chi connectivity index (χ0) is 6.85. The Morgan fingerprint density at radius 2 is 2.56 bits per heavy atom. The number of aromatic carboxylic acids is 1. The third-order valence-electron chi connectivity index (χ3n) is 0.759. The van der Waals surface area contributed by atoms with E-state index in [-0.39, 0.29) is 5.01 Å². The van der Waals surface area contributed by atoms with Gasteiger partial charge in [-0.3, -0.25) is 0 Å². The Labute approximate surface area is 54.6 Å². The van der Waals surface area contributed by atoms with Crippen LogP contribution in [0, 0.1) is 5.21 Å². The van der Waals surface area contributed by atoms with E-state index in [0.29, 0.717) is 4.73 Å². The highest BCUT2D eigenvalue weighted by Crippen LogP contribution is 1.99. The van der Waals surface area contributed by atoms with E-state index in [1.807, 2.05) is 0 Å². The minimum absolute atomic E-state index is 0.199. The highest BCUT2D eigenvalue weighted by atomic mass is 32.1. The Bertz CT molecular complexity index is 231. The van der Waals surface area contributed by atoms with E-state index in [4.69, 9.17) is 5.11 Å². The number of carbonyl (C=O) groups is 1. The molecule has 0 fully saturated rings. The lowest BCUT2D eigenvalue weighted by atomic mass is 10.7. The fraction of sp³-hybridized carbons (Fsp3) is 0. The third-order valence-corrected chi connectivity index (χ3v) is 1.59. The predicted octanol–water partition coefficient (Wildman–Crippen LogP) is 0.0797. The number of hydrogen-bond acceptors (Lipinski definition) is 3. The van der Waals surface area contributed by atoms with Gasteiger partial charge in [0.25, 0.3) is 0 Å². The van der Waals surface area contributed by atoms with Gasteiger partial charge in [-0.05, 0) is 0 Å². The van der Waals surface area contributed by atoms with Crippen molar-refractivity contribution in [3.05, 3.63) is 21.8 Å². The van der Waals surface area contributed by atoms with Crippen molar-refractivity contribution in [1.82, 2.24) is 0 Å². The van der Waals surface area contributed by atoms with Crippen molar-refractivity contribution in [2.24, 2.45) is 0 Å². The number of nitrogens with zero attached hydrogens (tertiary/aromatic N) is 1. The maximum atomic E-state index is 10.4. The van der Waals surface area contributed by atoms with Crippen LogP contribution in [0.5, 0.6) is 0 Å². The number of carboxylic acid groups (broad SMARTS) is 1. The van der Waals surface area contributed by atoms with Gasteiger partial charge in [0.2, 0.25) is 0 Å². The summed E-state index contributed by atoms with van der Waals surface area (Å²) in [6.45, 7) is 0. The molecule has 0 bridgehead atoms. The van der Waals surface area contributed by atoms with E-state index >= 15 is 0 Å². The van der Waals surface area contributed by atoms with Gasteiger partial charge in [-0.2, -0.15) is 4.73 Å². The molecule has 4 nitrogen and oxygen atoms in total. The molecule has 5 heteroatoms. The molecule has 0 aliphatic heterocycles. The third kappa shape index (κ3) is 0.996. The molecule has 0 aromatic carbocycles. The lowest BCUT2D eigenvalue weighted by Crippen LogP contribution is -2.29. The Hall–Kier alpha value is -1.10. The quantitative estimate of drug-likeness (QED) is 0.449.